The highest BCUT2D eigenvalue weighted by molar-refractivity contribution is 6.31. The molecule has 0 aromatic heterocycles. The van der Waals surface area contributed by atoms with Gasteiger partial charge in [0.15, 0.2) is 0 Å². The molecule has 1 aliphatic heterocycles. The molecule has 4 nitrogen and oxygen atoms in total. The van der Waals surface area contributed by atoms with Crippen molar-refractivity contribution in [1.29, 1.82) is 0 Å². The van der Waals surface area contributed by atoms with Gasteiger partial charge in [-0.05, 0) is 24.1 Å². The van der Waals surface area contributed by atoms with Crippen LogP contribution >= 0.6 is 24.0 Å². The van der Waals surface area contributed by atoms with Gasteiger partial charge in [-0.1, -0.05) is 11.6 Å². The third-order valence-corrected chi connectivity index (χ3v) is 3.27. The molecule has 1 unspecified atom stereocenters. The Morgan fingerprint density at radius 3 is 2.63 bits per heavy atom. The number of nitrogens with two attached hydrogens (primary N) is 1. The third-order valence-electron chi connectivity index (χ3n) is 2.96. The Morgan fingerprint density at radius 2 is 2.11 bits per heavy atom. The molecule has 2 rings (SSSR count). The molecule has 104 valence electrons. The number of imide groups is 1. The Kier molecular flexibility index (Phi) is 5.29. The number of piperidine rings is 1. The van der Waals surface area contributed by atoms with Crippen molar-refractivity contribution < 1.29 is 14.0 Å². The van der Waals surface area contributed by atoms with E-state index >= 15 is 0 Å². The zero-order valence-corrected chi connectivity index (χ0v) is 11.5. The fourth-order valence-corrected chi connectivity index (χ4v) is 2.42. The van der Waals surface area contributed by atoms with E-state index in [0.717, 1.165) is 0 Å². The Morgan fingerprint density at radius 1 is 1.42 bits per heavy atom. The molecule has 1 aromatic carbocycles. The normalized spacial score (nSPS) is 18.8. The second kappa shape index (κ2) is 6.32. The van der Waals surface area contributed by atoms with E-state index in [1.807, 2.05) is 0 Å². The molecule has 3 N–H and O–H groups in total. The number of hydrogen-bond acceptors (Lipinski definition) is 3. The topological polar surface area (TPSA) is 72.2 Å². The molecule has 1 aromatic rings. The van der Waals surface area contributed by atoms with E-state index in [4.69, 9.17) is 17.3 Å². The van der Waals surface area contributed by atoms with Crippen LogP contribution in [0.15, 0.2) is 12.1 Å². The summed E-state index contributed by atoms with van der Waals surface area (Å²) in [5.41, 5.74) is 6.11. The lowest BCUT2D eigenvalue weighted by molar-refractivity contribution is -0.134. The SMILES string of the molecule is Cl.NCc1cc(F)c(C2CCC(=O)NC2=O)c(Cl)c1. The van der Waals surface area contributed by atoms with Gasteiger partial charge in [0.25, 0.3) is 0 Å². The number of carbonyl (C=O) groups is 2. The van der Waals surface area contributed by atoms with Crippen molar-refractivity contribution in [2.45, 2.75) is 25.3 Å². The maximum atomic E-state index is 13.9. The van der Waals surface area contributed by atoms with Crippen LogP contribution in [0.25, 0.3) is 0 Å². The summed E-state index contributed by atoms with van der Waals surface area (Å²) in [5.74, 6) is -2.13. The number of nitrogens with one attached hydrogen (secondary N) is 1. The fraction of sp³-hybridized carbons (Fsp3) is 0.333. The molecule has 1 heterocycles. The van der Waals surface area contributed by atoms with Crippen LogP contribution in [0.2, 0.25) is 5.02 Å². The molecule has 2 amide bonds. The van der Waals surface area contributed by atoms with E-state index in [-0.39, 0.29) is 48.3 Å². The van der Waals surface area contributed by atoms with Gasteiger partial charge in [-0.25, -0.2) is 4.39 Å². The number of rotatable bonds is 2. The maximum Gasteiger partial charge on any atom is 0.234 e. The van der Waals surface area contributed by atoms with Crippen molar-refractivity contribution in [3.63, 3.8) is 0 Å². The first-order valence-corrected chi connectivity index (χ1v) is 5.92. The zero-order chi connectivity index (χ0) is 13.3. The van der Waals surface area contributed by atoms with Crippen LogP contribution in [0.3, 0.4) is 0 Å². The van der Waals surface area contributed by atoms with Gasteiger partial charge in [0.2, 0.25) is 11.8 Å². The highest BCUT2D eigenvalue weighted by Crippen LogP contribution is 2.33. The van der Waals surface area contributed by atoms with Crippen molar-refractivity contribution in [3.8, 4) is 0 Å². The first kappa shape index (κ1) is 15.9. The molecule has 1 atom stereocenters. The van der Waals surface area contributed by atoms with Crippen LogP contribution in [-0.4, -0.2) is 11.8 Å². The molecule has 1 saturated heterocycles. The van der Waals surface area contributed by atoms with E-state index in [1.165, 1.54) is 6.07 Å². The largest absolute Gasteiger partial charge is 0.326 e. The number of benzene rings is 1. The van der Waals surface area contributed by atoms with Gasteiger partial charge >= 0.3 is 0 Å². The Hall–Kier alpha value is -1.17. The van der Waals surface area contributed by atoms with Crippen LogP contribution < -0.4 is 11.1 Å². The van der Waals surface area contributed by atoms with E-state index in [1.54, 1.807) is 6.07 Å². The molecular formula is C12H13Cl2FN2O2. The molecule has 1 aliphatic rings. The Labute approximate surface area is 120 Å². The summed E-state index contributed by atoms with van der Waals surface area (Å²) in [6.45, 7) is 0.173. The maximum absolute atomic E-state index is 13.9. The average molecular weight is 307 g/mol. The predicted octanol–water partition coefficient (Wildman–Crippen LogP) is 1.88. The van der Waals surface area contributed by atoms with Crippen molar-refractivity contribution in [2.75, 3.05) is 0 Å². The second-order valence-electron chi connectivity index (χ2n) is 4.18. The molecule has 0 spiro atoms. The van der Waals surface area contributed by atoms with Gasteiger partial charge in [0.1, 0.15) is 5.82 Å². The van der Waals surface area contributed by atoms with Crippen LogP contribution in [0.5, 0.6) is 0 Å². The third kappa shape index (κ3) is 3.23. The number of carbonyl (C=O) groups excluding carboxylic acids is 2. The van der Waals surface area contributed by atoms with E-state index in [2.05, 4.69) is 5.32 Å². The van der Waals surface area contributed by atoms with Gasteiger partial charge in [0, 0.05) is 23.6 Å². The highest BCUT2D eigenvalue weighted by Gasteiger charge is 2.31. The molecule has 0 bridgehead atoms. The smallest absolute Gasteiger partial charge is 0.234 e. The summed E-state index contributed by atoms with van der Waals surface area (Å²) >= 11 is 5.99. The molecule has 0 radical (unpaired) electrons. The summed E-state index contributed by atoms with van der Waals surface area (Å²) in [5, 5.41) is 2.35. The van der Waals surface area contributed by atoms with Gasteiger partial charge < -0.3 is 5.73 Å². The van der Waals surface area contributed by atoms with Crippen LogP contribution in [0, 0.1) is 5.82 Å². The van der Waals surface area contributed by atoms with E-state index < -0.39 is 17.6 Å². The van der Waals surface area contributed by atoms with Gasteiger partial charge in [-0.2, -0.15) is 0 Å². The summed E-state index contributed by atoms with van der Waals surface area (Å²) in [4.78, 5) is 22.7. The predicted molar refractivity (Wildman–Crippen MR) is 71.7 cm³/mol. The number of amides is 2. The lowest BCUT2D eigenvalue weighted by atomic mass is 9.89. The number of halogens is 3. The molecule has 1 fully saturated rings. The Bertz CT molecular complexity index is 499. The average Bonchev–Trinajstić information content (AvgIpc) is 2.30. The monoisotopic (exact) mass is 306 g/mol. The Balaban J connectivity index is 0.00000180. The summed E-state index contributed by atoms with van der Waals surface area (Å²) in [6.07, 6.45) is 0.452. The minimum atomic E-state index is -0.720. The van der Waals surface area contributed by atoms with E-state index in [0.29, 0.717) is 5.56 Å². The zero-order valence-electron chi connectivity index (χ0n) is 9.91. The summed E-state index contributed by atoms with van der Waals surface area (Å²) in [6, 6.07) is 2.81. The van der Waals surface area contributed by atoms with Crippen LogP contribution in [0.4, 0.5) is 4.39 Å². The van der Waals surface area contributed by atoms with Crippen molar-refractivity contribution in [1.82, 2.24) is 5.32 Å². The summed E-state index contributed by atoms with van der Waals surface area (Å²) < 4.78 is 13.9. The minimum absolute atomic E-state index is 0. The lowest BCUT2D eigenvalue weighted by Gasteiger charge is -2.22. The quantitative estimate of drug-likeness (QED) is 0.820. The number of hydrogen-bond donors (Lipinski definition) is 2. The standard InChI is InChI=1S/C12H12ClFN2O2.ClH/c13-8-3-6(5-15)4-9(14)11(8)7-1-2-10(17)16-12(7)18;/h3-4,7H,1-2,5,15H2,(H,16,17,18);1H. The molecule has 0 aliphatic carbocycles. The first-order chi connectivity index (χ1) is 8.52. The molecule has 19 heavy (non-hydrogen) atoms. The first-order valence-electron chi connectivity index (χ1n) is 5.54. The van der Waals surface area contributed by atoms with Crippen molar-refractivity contribution >= 4 is 35.8 Å². The van der Waals surface area contributed by atoms with Crippen LogP contribution in [-0.2, 0) is 16.1 Å². The van der Waals surface area contributed by atoms with Gasteiger partial charge in [-0.3, -0.25) is 14.9 Å². The van der Waals surface area contributed by atoms with Crippen LogP contribution in [0.1, 0.15) is 29.9 Å². The highest BCUT2D eigenvalue weighted by atomic mass is 35.5. The fourth-order valence-electron chi connectivity index (χ4n) is 2.06. The molecule has 7 heteroatoms. The molecule has 0 saturated carbocycles. The van der Waals surface area contributed by atoms with Gasteiger partial charge in [0.05, 0.1) is 5.92 Å². The van der Waals surface area contributed by atoms with Gasteiger partial charge in [-0.15, -0.1) is 12.4 Å². The molecular weight excluding hydrogens is 294 g/mol. The van der Waals surface area contributed by atoms with Crippen molar-refractivity contribution in [2.24, 2.45) is 5.73 Å². The second-order valence-corrected chi connectivity index (χ2v) is 4.59. The van der Waals surface area contributed by atoms with E-state index in [9.17, 15) is 14.0 Å². The minimum Gasteiger partial charge on any atom is -0.326 e. The van der Waals surface area contributed by atoms with Crippen molar-refractivity contribution in [3.05, 3.63) is 34.1 Å². The lowest BCUT2D eigenvalue weighted by Crippen LogP contribution is -2.39. The summed E-state index contributed by atoms with van der Waals surface area (Å²) in [7, 11) is 0.